The number of H-pyrrole nitrogens is 1. The summed E-state index contributed by atoms with van der Waals surface area (Å²) in [6.45, 7) is 1.98. The fourth-order valence-corrected chi connectivity index (χ4v) is 3.34. The maximum Gasteiger partial charge on any atom is 0.269 e. The van der Waals surface area contributed by atoms with E-state index in [9.17, 15) is 10.1 Å². The van der Waals surface area contributed by atoms with Crippen molar-refractivity contribution in [2.24, 2.45) is 0 Å². The lowest BCUT2D eigenvalue weighted by molar-refractivity contribution is -0.384. The lowest BCUT2D eigenvalue weighted by atomic mass is 9.99. The highest BCUT2D eigenvalue weighted by molar-refractivity contribution is 5.73. The van der Waals surface area contributed by atoms with E-state index >= 15 is 0 Å². The van der Waals surface area contributed by atoms with Gasteiger partial charge >= 0.3 is 0 Å². The zero-order chi connectivity index (χ0) is 22.0. The maximum atomic E-state index is 10.8. The largest absolute Gasteiger partial charge is 0.313 e. The Morgan fingerprint density at radius 2 is 1.81 bits per heavy atom. The van der Waals surface area contributed by atoms with Crippen molar-refractivity contribution in [1.29, 1.82) is 5.26 Å². The Morgan fingerprint density at radius 1 is 1.03 bits per heavy atom. The van der Waals surface area contributed by atoms with Gasteiger partial charge < -0.3 is 4.90 Å². The highest BCUT2D eigenvalue weighted by Crippen LogP contribution is 2.30. The Balaban J connectivity index is 1.61. The predicted molar refractivity (Wildman–Crippen MR) is 118 cm³/mol. The molecule has 2 heterocycles. The SMILES string of the molecule is Cc1cc(C#N)ccc1-c1ccnc(N(C)c2cc(-c3ccc([N+](=O)[O-])cc3)[nH]n2)c1. The molecule has 4 aromatic rings. The van der Waals surface area contributed by atoms with Crippen LogP contribution in [0.4, 0.5) is 17.3 Å². The number of pyridine rings is 1. The van der Waals surface area contributed by atoms with E-state index in [0.717, 1.165) is 27.9 Å². The summed E-state index contributed by atoms with van der Waals surface area (Å²) in [6.07, 6.45) is 1.74. The molecule has 0 fully saturated rings. The Morgan fingerprint density at radius 3 is 2.48 bits per heavy atom. The minimum absolute atomic E-state index is 0.0414. The molecule has 0 aliphatic heterocycles. The normalized spacial score (nSPS) is 10.5. The number of aromatic nitrogens is 3. The van der Waals surface area contributed by atoms with Crippen LogP contribution in [0.25, 0.3) is 22.4 Å². The molecule has 8 nitrogen and oxygen atoms in total. The van der Waals surface area contributed by atoms with Gasteiger partial charge in [-0.05, 0) is 60.0 Å². The molecule has 152 valence electrons. The molecule has 8 heteroatoms. The first-order valence-electron chi connectivity index (χ1n) is 9.47. The topological polar surface area (TPSA) is 112 Å². The molecule has 1 N–H and O–H groups in total. The number of benzene rings is 2. The van der Waals surface area contributed by atoms with Crippen LogP contribution in [-0.2, 0) is 0 Å². The van der Waals surface area contributed by atoms with Gasteiger partial charge in [-0.25, -0.2) is 4.98 Å². The molecule has 0 unspecified atom stereocenters. The molecule has 0 radical (unpaired) electrons. The average molecular weight is 410 g/mol. The Kier molecular flexibility index (Phi) is 5.16. The highest BCUT2D eigenvalue weighted by atomic mass is 16.6. The molecule has 0 saturated heterocycles. The summed E-state index contributed by atoms with van der Waals surface area (Å²) in [4.78, 5) is 16.7. The van der Waals surface area contributed by atoms with Crippen LogP contribution in [0.15, 0.2) is 66.9 Å². The van der Waals surface area contributed by atoms with E-state index < -0.39 is 4.92 Å². The summed E-state index contributed by atoms with van der Waals surface area (Å²) in [5.41, 5.74) is 5.25. The number of nitrogens with one attached hydrogen (secondary N) is 1. The number of hydrogen-bond donors (Lipinski definition) is 1. The van der Waals surface area contributed by atoms with Gasteiger partial charge in [-0.1, -0.05) is 6.07 Å². The molecule has 0 spiro atoms. The van der Waals surface area contributed by atoms with Crippen LogP contribution in [0, 0.1) is 28.4 Å². The van der Waals surface area contributed by atoms with Gasteiger partial charge in [0.25, 0.3) is 5.69 Å². The Bertz CT molecular complexity index is 1300. The van der Waals surface area contributed by atoms with Crippen LogP contribution in [0.2, 0.25) is 0 Å². The van der Waals surface area contributed by atoms with Crippen LogP contribution >= 0.6 is 0 Å². The summed E-state index contributed by atoms with van der Waals surface area (Å²) in [5.74, 6) is 1.37. The molecule has 4 rings (SSSR count). The van der Waals surface area contributed by atoms with E-state index in [1.54, 1.807) is 24.4 Å². The monoisotopic (exact) mass is 410 g/mol. The number of nitro benzene ring substituents is 1. The second-order valence-electron chi connectivity index (χ2n) is 7.05. The van der Waals surface area contributed by atoms with Crippen molar-refractivity contribution < 1.29 is 4.92 Å². The van der Waals surface area contributed by atoms with E-state index in [1.165, 1.54) is 12.1 Å². The third-order valence-electron chi connectivity index (χ3n) is 5.05. The number of nitrogens with zero attached hydrogens (tertiary/aromatic N) is 5. The quantitative estimate of drug-likeness (QED) is 0.366. The van der Waals surface area contributed by atoms with Crippen molar-refractivity contribution in [2.45, 2.75) is 6.92 Å². The molecule has 0 aliphatic rings. The van der Waals surface area contributed by atoms with Gasteiger partial charge in [0.15, 0.2) is 5.82 Å². The number of rotatable bonds is 5. The number of anilines is 2. The number of hydrogen-bond acceptors (Lipinski definition) is 6. The predicted octanol–water partition coefficient (Wildman–Crippen LogP) is 4.99. The standard InChI is InChI=1S/C23H18N6O2/c1-15-11-16(14-24)3-8-20(15)18-9-10-25-22(12-18)28(2)23-13-21(26-27-23)17-4-6-19(7-5-17)29(30)31/h3-13H,1-2H3,(H,26,27). The number of nitro groups is 1. The van der Waals surface area contributed by atoms with Gasteiger partial charge in [-0.2, -0.15) is 10.4 Å². The highest BCUT2D eigenvalue weighted by Gasteiger charge is 2.13. The van der Waals surface area contributed by atoms with Gasteiger partial charge in [-0.15, -0.1) is 0 Å². The smallest absolute Gasteiger partial charge is 0.269 e. The molecule has 0 amide bonds. The minimum Gasteiger partial charge on any atom is -0.313 e. The summed E-state index contributed by atoms with van der Waals surface area (Å²) in [5, 5.41) is 27.3. The van der Waals surface area contributed by atoms with Crippen LogP contribution in [0.1, 0.15) is 11.1 Å². The first-order valence-corrected chi connectivity index (χ1v) is 9.47. The van der Waals surface area contributed by atoms with Gasteiger partial charge in [-0.3, -0.25) is 15.2 Å². The zero-order valence-corrected chi connectivity index (χ0v) is 16.9. The lowest BCUT2D eigenvalue weighted by Crippen LogP contribution is -2.11. The second kappa shape index (κ2) is 8.08. The molecule has 0 atom stereocenters. The van der Waals surface area contributed by atoms with E-state index in [2.05, 4.69) is 21.3 Å². The van der Waals surface area contributed by atoms with Gasteiger partial charge in [0, 0.05) is 37.0 Å². The number of aryl methyl sites for hydroxylation is 1. The van der Waals surface area contributed by atoms with Crippen molar-refractivity contribution >= 4 is 17.3 Å². The second-order valence-corrected chi connectivity index (χ2v) is 7.05. The first-order chi connectivity index (χ1) is 15.0. The maximum absolute atomic E-state index is 10.8. The molecule has 2 aromatic carbocycles. The van der Waals surface area contributed by atoms with Crippen molar-refractivity contribution in [2.75, 3.05) is 11.9 Å². The number of aromatic amines is 1. The third kappa shape index (κ3) is 3.97. The summed E-state index contributed by atoms with van der Waals surface area (Å²) in [7, 11) is 1.87. The molecule has 2 aromatic heterocycles. The zero-order valence-electron chi connectivity index (χ0n) is 16.9. The Hall–Kier alpha value is -4.51. The lowest BCUT2D eigenvalue weighted by Gasteiger charge is -2.16. The van der Waals surface area contributed by atoms with E-state index in [1.807, 2.05) is 49.2 Å². The van der Waals surface area contributed by atoms with E-state index in [4.69, 9.17) is 5.26 Å². The van der Waals surface area contributed by atoms with Crippen LogP contribution in [-0.4, -0.2) is 27.2 Å². The number of nitriles is 1. The van der Waals surface area contributed by atoms with E-state index in [-0.39, 0.29) is 5.69 Å². The number of non-ortho nitro benzene ring substituents is 1. The summed E-state index contributed by atoms with van der Waals surface area (Å²) < 4.78 is 0. The molecule has 0 bridgehead atoms. The fourth-order valence-electron chi connectivity index (χ4n) is 3.34. The van der Waals surface area contributed by atoms with Crippen LogP contribution in [0.3, 0.4) is 0 Å². The average Bonchev–Trinajstić information content (AvgIpc) is 3.29. The van der Waals surface area contributed by atoms with Crippen molar-refractivity contribution in [3.8, 4) is 28.5 Å². The summed E-state index contributed by atoms with van der Waals surface area (Å²) >= 11 is 0. The molecular formula is C23H18N6O2. The molecule has 0 aliphatic carbocycles. The molecule has 0 saturated carbocycles. The van der Waals surface area contributed by atoms with Crippen LogP contribution < -0.4 is 4.90 Å². The van der Waals surface area contributed by atoms with Crippen molar-refractivity contribution in [3.05, 3.63) is 88.1 Å². The van der Waals surface area contributed by atoms with Gasteiger partial charge in [0.2, 0.25) is 0 Å². The van der Waals surface area contributed by atoms with Gasteiger partial charge in [0.1, 0.15) is 5.82 Å². The summed E-state index contributed by atoms with van der Waals surface area (Å²) in [6, 6.07) is 19.8. The van der Waals surface area contributed by atoms with Crippen LogP contribution in [0.5, 0.6) is 0 Å². The minimum atomic E-state index is -0.426. The van der Waals surface area contributed by atoms with Crippen molar-refractivity contribution in [3.63, 3.8) is 0 Å². The third-order valence-corrected chi connectivity index (χ3v) is 5.05. The van der Waals surface area contributed by atoms with E-state index in [0.29, 0.717) is 17.2 Å². The Labute approximate surface area is 178 Å². The van der Waals surface area contributed by atoms with Gasteiger partial charge in [0.05, 0.1) is 22.2 Å². The molecular weight excluding hydrogens is 392 g/mol. The first kappa shape index (κ1) is 19.8. The fraction of sp³-hybridized carbons (Fsp3) is 0.0870. The van der Waals surface area contributed by atoms with Crippen molar-refractivity contribution in [1.82, 2.24) is 15.2 Å². The molecule has 31 heavy (non-hydrogen) atoms.